The Morgan fingerprint density at radius 1 is 0.881 bits per heavy atom. The molecule has 0 aliphatic carbocycles. The molecule has 0 aliphatic heterocycles. The summed E-state index contributed by atoms with van der Waals surface area (Å²) < 4.78 is 19.5. The highest BCUT2D eigenvalue weighted by atomic mass is 35.5. The first kappa shape index (κ1) is 30.4. The first-order valence-corrected chi connectivity index (χ1v) is 14.0. The van der Waals surface area contributed by atoms with E-state index in [9.17, 15) is 18.8 Å². The Balaban J connectivity index is 1.42. The van der Waals surface area contributed by atoms with E-state index in [1.54, 1.807) is 85.8 Å². The quantitative estimate of drug-likeness (QED) is 0.134. The van der Waals surface area contributed by atoms with E-state index in [-0.39, 0.29) is 17.2 Å². The molecular formula is C32H27ClFN3O4S. The molecule has 3 N–H and O–H groups in total. The summed E-state index contributed by atoms with van der Waals surface area (Å²) in [5.74, 6) is -1.38. The third-order valence-electron chi connectivity index (χ3n) is 5.95. The van der Waals surface area contributed by atoms with Gasteiger partial charge in [-0.2, -0.15) is 0 Å². The number of carbonyl (C=O) groups excluding carboxylic acids is 3. The van der Waals surface area contributed by atoms with Gasteiger partial charge < -0.3 is 20.7 Å². The van der Waals surface area contributed by atoms with Gasteiger partial charge >= 0.3 is 0 Å². The molecule has 1 unspecified atom stereocenters. The minimum absolute atomic E-state index is 0.128. The molecule has 214 valence electrons. The smallest absolute Gasteiger partial charge is 0.272 e. The highest BCUT2D eigenvalue weighted by Crippen LogP contribution is 2.29. The van der Waals surface area contributed by atoms with Crippen LogP contribution in [0.1, 0.15) is 22.8 Å². The van der Waals surface area contributed by atoms with E-state index in [0.717, 1.165) is 4.90 Å². The molecule has 4 aromatic carbocycles. The SMILES string of the molecule is COc1ccc(NC(=O)C(C)Sc2ccc(NC(=O)/C(=C/c3ccccc3F)NC(=O)c3ccccc3)cc2)cc1Cl. The maximum atomic E-state index is 14.3. The minimum atomic E-state index is -0.631. The molecule has 0 saturated carbocycles. The van der Waals surface area contributed by atoms with Crippen molar-refractivity contribution in [2.75, 3.05) is 17.7 Å². The number of amides is 3. The second-order valence-electron chi connectivity index (χ2n) is 8.98. The van der Waals surface area contributed by atoms with Gasteiger partial charge in [-0.3, -0.25) is 14.4 Å². The van der Waals surface area contributed by atoms with Crippen LogP contribution in [0.4, 0.5) is 15.8 Å². The summed E-state index contributed by atoms with van der Waals surface area (Å²) in [7, 11) is 1.51. The van der Waals surface area contributed by atoms with E-state index in [1.165, 1.54) is 43.1 Å². The molecule has 1 atom stereocenters. The Morgan fingerprint density at radius 3 is 2.21 bits per heavy atom. The van der Waals surface area contributed by atoms with Crippen molar-refractivity contribution in [2.45, 2.75) is 17.1 Å². The summed E-state index contributed by atoms with van der Waals surface area (Å²) in [6, 6.07) is 26.2. The average molecular weight is 604 g/mol. The number of rotatable bonds is 10. The number of thioether (sulfide) groups is 1. The van der Waals surface area contributed by atoms with Gasteiger partial charge in [0, 0.05) is 27.4 Å². The molecule has 0 bridgehead atoms. The summed E-state index contributed by atoms with van der Waals surface area (Å²) in [5, 5.41) is 8.11. The largest absolute Gasteiger partial charge is 0.495 e. The van der Waals surface area contributed by atoms with Gasteiger partial charge in [0.25, 0.3) is 11.8 Å². The van der Waals surface area contributed by atoms with Gasteiger partial charge in [-0.15, -0.1) is 11.8 Å². The lowest BCUT2D eigenvalue weighted by Crippen LogP contribution is -2.30. The lowest BCUT2D eigenvalue weighted by Gasteiger charge is -2.14. The van der Waals surface area contributed by atoms with E-state index in [1.807, 2.05) is 0 Å². The number of hydrogen-bond acceptors (Lipinski definition) is 5. The molecule has 0 aliphatic rings. The molecule has 42 heavy (non-hydrogen) atoms. The van der Waals surface area contributed by atoms with Crippen LogP contribution in [-0.4, -0.2) is 30.1 Å². The fraction of sp³-hybridized carbons (Fsp3) is 0.0938. The molecule has 0 radical (unpaired) electrons. The zero-order chi connectivity index (χ0) is 30.1. The van der Waals surface area contributed by atoms with Crippen molar-refractivity contribution in [3.8, 4) is 5.75 Å². The summed E-state index contributed by atoms with van der Waals surface area (Å²) in [6.07, 6.45) is 1.28. The highest BCUT2D eigenvalue weighted by molar-refractivity contribution is 8.00. The van der Waals surface area contributed by atoms with Crippen LogP contribution in [0.3, 0.4) is 0 Å². The molecule has 4 aromatic rings. The van der Waals surface area contributed by atoms with Crippen molar-refractivity contribution in [3.05, 3.63) is 125 Å². The monoisotopic (exact) mass is 603 g/mol. The third-order valence-corrected chi connectivity index (χ3v) is 7.35. The number of hydrogen-bond donors (Lipinski definition) is 3. The topological polar surface area (TPSA) is 96.5 Å². The molecule has 4 rings (SSSR count). The van der Waals surface area contributed by atoms with Crippen LogP contribution in [0.15, 0.2) is 108 Å². The van der Waals surface area contributed by atoms with E-state index in [0.29, 0.717) is 27.7 Å². The van der Waals surface area contributed by atoms with Gasteiger partial charge in [-0.25, -0.2) is 4.39 Å². The number of benzene rings is 4. The molecule has 0 spiro atoms. The maximum absolute atomic E-state index is 14.3. The van der Waals surface area contributed by atoms with Gasteiger partial charge in [0.1, 0.15) is 17.3 Å². The average Bonchev–Trinajstić information content (AvgIpc) is 2.99. The predicted molar refractivity (Wildman–Crippen MR) is 165 cm³/mol. The van der Waals surface area contributed by atoms with Gasteiger partial charge in [0.2, 0.25) is 5.91 Å². The fourth-order valence-corrected chi connectivity index (χ4v) is 4.88. The number of carbonyl (C=O) groups is 3. The first-order chi connectivity index (χ1) is 20.2. The summed E-state index contributed by atoms with van der Waals surface area (Å²) in [4.78, 5) is 39.5. The van der Waals surface area contributed by atoms with Crippen molar-refractivity contribution < 1.29 is 23.5 Å². The number of nitrogens with one attached hydrogen (secondary N) is 3. The molecule has 7 nitrogen and oxygen atoms in total. The summed E-state index contributed by atoms with van der Waals surface area (Å²) >= 11 is 7.47. The van der Waals surface area contributed by atoms with E-state index in [2.05, 4.69) is 16.0 Å². The standard InChI is InChI=1S/C32H27ClFN3O4S/c1-20(30(38)36-24-14-17-29(41-2)26(33)19-24)42-25-15-12-23(13-16-25)35-32(40)28(18-22-10-6-7-11-27(22)34)37-31(39)21-8-4-3-5-9-21/h3-20H,1-2H3,(H,35,40)(H,36,38)(H,37,39)/b28-18-. The number of halogens is 2. The fourth-order valence-electron chi connectivity index (χ4n) is 3.75. The lowest BCUT2D eigenvalue weighted by atomic mass is 10.1. The zero-order valence-corrected chi connectivity index (χ0v) is 24.3. The Morgan fingerprint density at radius 2 is 1.55 bits per heavy atom. The van der Waals surface area contributed by atoms with Crippen molar-refractivity contribution in [2.24, 2.45) is 0 Å². The van der Waals surface area contributed by atoms with Crippen LogP contribution in [0.25, 0.3) is 6.08 Å². The minimum Gasteiger partial charge on any atom is -0.495 e. The zero-order valence-electron chi connectivity index (χ0n) is 22.7. The van der Waals surface area contributed by atoms with Crippen LogP contribution >= 0.6 is 23.4 Å². The second-order valence-corrected chi connectivity index (χ2v) is 10.8. The Bertz CT molecular complexity index is 1610. The van der Waals surface area contributed by atoms with Gasteiger partial charge in [-0.05, 0) is 73.7 Å². The lowest BCUT2D eigenvalue weighted by molar-refractivity contribution is -0.115. The molecular weight excluding hydrogens is 577 g/mol. The first-order valence-electron chi connectivity index (χ1n) is 12.8. The molecule has 0 aromatic heterocycles. The van der Waals surface area contributed by atoms with Crippen molar-refractivity contribution in [3.63, 3.8) is 0 Å². The number of anilines is 2. The van der Waals surface area contributed by atoms with Crippen LogP contribution < -0.4 is 20.7 Å². The van der Waals surface area contributed by atoms with Crippen molar-refractivity contribution in [1.82, 2.24) is 5.32 Å². The van der Waals surface area contributed by atoms with Crippen molar-refractivity contribution >= 4 is 58.5 Å². The predicted octanol–water partition coefficient (Wildman–Crippen LogP) is 7.02. The van der Waals surface area contributed by atoms with Crippen LogP contribution in [0, 0.1) is 5.82 Å². The van der Waals surface area contributed by atoms with Gasteiger partial charge in [0.15, 0.2) is 0 Å². The van der Waals surface area contributed by atoms with Gasteiger partial charge in [-0.1, -0.05) is 48.0 Å². The van der Waals surface area contributed by atoms with E-state index >= 15 is 0 Å². The third kappa shape index (κ3) is 8.22. The number of methoxy groups -OCH3 is 1. The Hall–Kier alpha value is -4.60. The van der Waals surface area contributed by atoms with Crippen LogP contribution in [0.5, 0.6) is 5.75 Å². The van der Waals surface area contributed by atoms with E-state index < -0.39 is 22.9 Å². The molecule has 0 heterocycles. The van der Waals surface area contributed by atoms with E-state index in [4.69, 9.17) is 16.3 Å². The Kier molecular flexibility index (Phi) is 10.4. The normalized spacial score (nSPS) is 11.8. The van der Waals surface area contributed by atoms with Gasteiger partial charge in [0.05, 0.1) is 17.4 Å². The molecule has 0 fully saturated rings. The second kappa shape index (κ2) is 14.3. The number of ether oxygens (including phenoxy) is 1. The molecule has 0 saturated heterocycles. The summed E-state index contributed by atoms with van der Waals surface area (Å²) in [6.45, 7) is 1.77. The van der Waals surface area contributed by atoms with Crippen molar-refractivity contribution in [1.29, 1.82) is 0 Å². The van der Waals surface area contributed by atoms with Crippen LogP contribution in [0.2, 0.25) is 5.02 Å². The molecule has 3 amide bonds. The highest BCUT2D eigenvalue weighted by Gasteiger charge is 2.18. The summed E-state index contributed by atoms with van der Waals surface area (Å²) in [5.41, 5.74) is 1.36. The maximum Gasteiger partial charge on any atom is 0.272 e. The molecule has 10 heteroatoms. The van der Waals surface area contributed by atoms with Crippen LogP contribution in [-0.2, 0) is 9.59 Å². The Labute approximate surface area is 252 Å².